The molecule has 0 atom stereocenters. The summed E-state index contributed by atoms with van der Waals surface area (Å²) in [5.74, 6) is 0. The highest BCUT2D eigenvalue weighted by atomic mass is 35.5. The Balaban J connectivity index is 3.41. The molecule has 0 saturated carbocycles. The topological polar surface area (TPSA) is 86.6 Å². The minimum absolute atomic E-state index is 0.578. The van der Waals surface area contributed by atoms with Crippen molar-refractivity contribution in [3.63, 3.8) is 0 Å². The zero-order valence-electron chi connectivity index (χ0n) is 6.33. The van der Waals surface area contributed by atoms with Gasteiger partial charge in [0.1, 0.15) is 11.0 Å². The summed E-state index contributed by atoms with van der Waals surface area (Å²) in [6, 6.07) is 1.36. The fourth-order valence-corrected chi connectivity index (χ4v) is 1.73. The largest absolute Gasteiger partial charge is 0.427 e. The maximum atomic E-state index is 12.4. The summed E-state index contributed by atoms with van der Waals surface area (Å²) in [6.07, 6.45) is 0.601. The Morgan fingerprint density at radius 3 is 2.64 bits per heavy atom. The van der Waals surface area contributed by atoms with Gasteiger partial charge in [-0.1, -0.05) is 0 Å². The monoisotopic (exact) mass is 241 g/mol. The highest BCUT2D eigenvalue weighted by Crippen LogP contribution is 2.33. The van der Waals surface area contributed by atoms with Crippen molar-refractivity contribution < 1.29 is 17.2 Å². The predicted molar refractivity (Wildman–Crippen MR) is 41.3 cm³/mol. The average molecular weight is 242 g/mol. The van der Waals surface area contributed by atoms with Crippen molar-refractivity contribution >= 4 is 21.4 Å². The first-order chi connectivity index (χ1) is 6.30. The molecule has 1 N–H and O–H groups in total. The van der Waals surface area contributed by atoms with Crippen LogP contribution in [0.3, 0.4) is 0 Å². The van der Waals surface area contributed by atoms with Crippen LogP contribution in [0.2, 0.25) is 0 Å². The molecule has 0 spiro atoms. The van der Waals surface area contributed by atoms with Gasteiger partial charge in [0.25, 0.3) is 9.84 Å². The van der Waals surface area contributed by atoms with Gasteiger partial charge < -0.3 is 0 Å². The first kappa shape index (κ1) is 10.9. The van der Waals surface area contributed by atoms with Crippen LogP contribution < -0.4 is 0 Å². The molecule has 1 aromatic heterocycles. The second-order valence-electron chi connectivity index (χ2n) is 2.17. The van der Waals surface area contributed by atoms with Gasteiger partial charge in [0.15, 0.2) is 5.69 Å². The number of nitrogens with one attached hydrogen (secondary N) is 1. The Morgan fingerprint density at radius 1 is 1.64 bits per heavy atom. The van der Waals surface area contributed by atoms with E-state index in [0.717, 1.165) is 0 Å². The molecule has 0 bridgehead atoms. The van der Waals surface area contributed by atoms with E-state index in [1.165, 1.54) is 6.07 Å². The number of rotatable bonds is 2. The van der Waals surface area contributed by atoms with E-state index in [-0.39, 0.29) is 0 Å². The number of hydrogen-bond acceptors (Lipinski definition) is 4. The zero-order chi connectivity index (χ0) is 11.0. The molecule has 0 unspecified atom stereocenters. The van der Waals surface area contributed by atoms with E-state index in [4.69, 9.17) is 5.26 Å². The maximum Gasteiger partial charge on any atom is 0.427 e. The molecule has 0 radical (unpaired) electrons. The predicted octanol–water partition coefficient (Wildman–Crippen LogP) is 0.844. The summed E-state index contributed by atoms with van der Waals surface area (Å²) in [5, 5.41) is 13.5. The van der Waals surface area contributed by atoms with E-state index in [2.05, 4.69) is 16.7 Å². The van der Waals surface area contributed by atoms with Crippen LogP contribution in [0.25, 0.3) is 0 Å². The Morgan fingerprint density at radius 2 is 2.21 bits per heavy atom. The lowest BCUT2D eigenvalue weighted by atomic mass is 10.5. The number of sulfone groups is 1. The smallest absolute Gasteiger partial charge is 0.267 e. The second kappa shape index (κ2) is 3.18. The summed E-state index contributed by atoms with van der Waals surface area (Å²) in [6.45, 7) is 0. The normalized spacial score (nSPS) is 12.4. The molecule has 0 aliphatic rings. The van der Waals surface area contributed by atoms with Crippen LogP contribution in [0.1, 0.15) is 5.69 Å². The molecular weight excluding hydrogens is 240 g/mol. The van der Waals surface area contributed by atoms with Gasteiger partial charge in [-0.25, -0.2) is 8.42 Å². The zero-order valence-corrected chi connectivity index (χ0v) is 7.90. The summed E-state index contributed by atoms with van der Waals surface area (Å²) < 4.78 is 42.4. The SMILES string of the molecule is N#Cc1[nH]ncc1S(=O)(=O)C(F)(F)Cl. The Kier molecular flexibility index (Phi) is 2.47. The lowest BCUT2D eigenvalue weighted by Gasteiger charge is -2.06. The summed E-state index contributed by atoms with van der Waals surface area (Å²) in [5.41, 5.74) is -0.578. The maximum absolute atomic E-state index is 12.4. The molecule has 14 heavy (non-hydrogen) atoms. The van der Waals surface area contributed by atoms with Crippen LogP contribution in [0.4, 0.5) is 8.78 Å². The molecule has 9 heteroatoms. The van der Waals surface area contributed by atoms with Crippen molar-refractivity contribution in [3.8, 4) is 6.07 Å². The fraction of sp³-hybridized carbons (Fsp3) is 0.200. The molecule has 0 saturated heterocycles. The van der Waals surface area contributed by atoms with Gasteiger partial charge in [0.05, 0.1) is 6.20 Å². The number of aromatic nitrogens is 2. The number of H-pyrrole nitrogens is 1. The van der Waals surface area contributed by atoms with Crippen molar-refractivity contribution in [2.45, 2.75) is 9.61 Å². The van der Waals surface area contributed by atoms with Crippen molar-refractivity contribution in [3.05, 3.63) is 11.9 Å². The summed E-state index contributed by atoms with van der Waals surface area (Å²) in [4.78, 5) is -0.917. The lowest BCUT2D eigenvalue weighted by Crippen LogP contribution is -2.22. The third kappa shape index (κ3) is 1.56. The molecular formula is C5H2ClF2N3O2S. The highest BCUT2D eigenvalue weighted by Gasteiger charge is 2.46. The van der Waals surface area contributed by atoms with Crippen LogP contribution in [0, 0.1) is 11.3 Å². The number of aromatic amines is 1. The molecule has 0 amide bonds. The van der Waals surface area contributed by atoms with E-state index >= 15 is 0 Å². The number of hydrogen-bond donors (Lipinski definition) is 1. The minimum Gasteiger partial charge on any atom is -0.267 e. The number of nitrogens with zero attached hydrogens (tertiary/aromatic N) is 2. The summed E-state index contributed by atoms with van der Waals surface area (Å²) in [7, 11) is -5.06. The van der Waals surface area contributed by atoms with E-state index in [1.54, 1.807) is 0 Å². The average Bonchev–Trinajstić information content (AvgIpc) is 2.49. The van der Waals surface area contributed by atoms with Gasteiger partial charge in [0, 0.05) is 0 Å². The molecule has 0 aliphatic carbocycles. The third-order valence-electron chi connectivity index (χ3n) is 1.31. The van der Waals surface area contributed by atoms with E-state index < -0.39 is 25.1 Å². The van der Waals surface area contributed by atoms with Crippen molar-refractivity contribution in [2.75, 3.05) is 0 Å². The number of alkyl halides is 3. The van der Waals surface area contributed by atoms with Crippen LogP contribution in [0.5, 0.6) is 0 Å². The van der Waals surface area contributed by atoms with Crippen LogP contribution in [-0.4, -0.2) is 23.3 Å². The van der Waals surface area contributed by atoms with Gasteiger partial charge in [-0.15, -0.1) is 0 Å². The Bertz CT molecular complexity index is 484. The van der Waals surface area contributed by atoms with Crippen LogP contribution >= 0.6 is 11.6 Å². The minimum atomic E-state index is -5.06. The first-order valence-corrected chi connectivity index (χ1v) is 4.91. The molecule has 5 nitrogen and oxygen atoms in total. The van der Waals surface area contributed by atoms with Gasteiger partial charge >= 0.3 is 4.71 Å². The van der Waals surface area contributed by atoms with Gasteiger partial charge in [-0.3, -0.25) is 5.10 Å². The van der Waals surface area contributed by atoms with Gasteiger partial charge in [-0.05, 0) is 11.6 Å². The molecule has 1 aromatic rings. The molecule has 1 heterocycles. The highest BCUT2D eigenvalue weighted by molar-refractivity contribution is 7.93. The Hall–Kier alpha value is -1.20. The second-order valence-corrected chi connectivity index (χ2v) is 4.83. The summed E-state index contributed by atoms with van der Waals surface area (Å²) >= 11 is 4.37. The molecule has 0 aromatic carbocycles. The van der Waals surface area contributed by atoms with E-state index in [1.807, 2.05) is 5.10 Å². The Labute approximate surface area is 82.2 Å². The third-order valence-corrected chi connectivity index (χ3v) is 3.42. The molecule has 0 fully saturated rings. The van der Waals surface area contributed by atoms with E-state index in [0.29, 0.717) is 6.20 Å². The molecule has 1 rings (SSSR count). The number of halogens is 3. The van der Waals surface area contributed by atoms with E-state index in [9.17, 15) is 17.2 Å². The first-order valence-electron chi connectivity index (χ1n) is 3.05. The van der Waals surface area contributed by atoms with Crippen LogP contribution in [-0.2, 0) is 9.84 Å². The quantitative estimate of drug-likeness (QED) is 0.778. The number of nitriles is 1. The van der Waals surface area contributed by atoms with Crippen molar-refractivity contribution in [2.24, 2.45) is 0 Å². The fourth-order valence-electron chi connectivity index (χ4n) is 0.684. The molecule has 0 aliphatic heterocycles. The van der Waals surface area contributed by atoms with Crippen LogP contribution in [0.15, 0.2) is 11.1 Å². The molecule has 76 valence electrons. The standard InChI is InChI=1S/C5H2ClF2N3O2S/c6-5(7,8)14(12,13)4-2-10-11-3(4)1-9/h2H,(H,10,11). The van der Waals surface area contributed by atoms with Crippen molar-refractivity contribution in [1.29, 1.82) is 5.26 Å². The van der Waals surface area contributed by atoms with Gasteiger partial charge in [0.2, 0.25) is 0 Å². The van der Waals surface area contributed by atoms with Gasteiger partial charge in [-0.2, -0.15) is 19.1 Å². The van der Waals surface area contributed by atoms with Crippen molar-refractivity contribution in [1.82, 2.24) is 10.2 Å². The lowest BCUT2D eigenvalue weighted by molar-refractivity contribution is 0.187.